The molecule has 0 bridgehead atoms. The van der Waals surface area contributed by atoms with Crippen molar-refractivity contribution in [2.45, 2.75) is 53.0 Å². The Morgan fingerprint density at radius 2 is 1.95 bits per heavy atom. The first-order valence-electron chi connectivity index (χ1n) is 7.68. The number of aryl methyl sites for hydroxylation is 1. The summed E-state index contributed by atoms with van der Waals surface area (Å²) in [5.41, 5.74) is 2.71. The normalized spacial score (nSPS) is 11.0. The molecule has 1 N–H and O–H groups in total. The fourth-order valence-electron chi connectivity index (χ4n) is 2.29. The van der Waals surface area contributed by atoms with E-state index in [1.54, 1.807) is 0 Å². The van der Waals surface area contributed by atoms with Gasteiger partial charge in [-0.2, -0.15) is 0 Å². The maximum Gasteiger partial charge on any atom is 0.0368 e. The molecule has 0 spiro atoms. The summed E-state index contributed by atoms with van der Waals surface area (Å²) in [5, 5.41) is 3.47. The third kappa shape index (κ3) is 6.63. The van der Waals surface area contributed by atoms with Crippen LogP contribution < -0.4 is 10.2 Å². The second-order valence-corrected chi connectivity index (χ2v) is 5.59. The van der Waals surface area contributed by atoms with Gasteiger partial charge in [0.25, 0.3) is 0 Å². The van der Waals surface area contributed by atoms with Gasteiger partial charge in [0, 0.05) is 24.8 Å². The Hall–Kier alpha value is -1.02. The van der Waals surface area contributed by atoms with E-state index in [1.807, 2.05) is 0 Å². The number of benzene rings is 1. The number of nitrogens with one attached hydrogen (secondary N) is 1. The SMILES string of the molecule is CCN(CCCCCNC(C)C)c1cccc(C)c1. The predicted octanol–water partition coefficient (Wildman–Crippen LogP) is 3.99. The Bertz CT molecular complexity index is 347. The van der Waals surface area contributed by atoms with Gasteiger partial charge in [-0.15, -0.1) is 0 Å². The molecule has 0 aliphatic carbocycles. The van der Waals surface area contributed by atoms with Crippen molar-refractivity contribution in [1.82, 2.24) is 5.32 Å². The molecular formula is C17H30N2. The van der Waals surface area contributed by atoms with Gasteiger partial charge in [-0.3, -0.25) is 0 Å². The molecule has 1 rings (SSSR count). The Morgan fingerprint density at radius 3 is 2.58 bits per heavy atom. The summed E-state index contributed by atoms with van der Waals surface area (Å²) in [6.07, 6.45) is 3.87. The quantitative estimate of drug-likeness (QED) is 0.677. The summed E-state index contributed by atoms with van der Waals surface area (Å²) in [6, 6.07) is 9.43. The van der Waals surface area contributed by atoms with Gasteiger partial charge >= 0.3 is 0 Å². The van der Waals surface area contributed by atoms with E-state index in [4.69, 9.17) is 0 Å². The van der Waals surface area contributed by atoms with E-state index in [-0.39, 0.29) is 0 Å². The summed E-state index contributed by atoms with van der Waals surface area (Å²) in [7, 11) is 0. The first-order valence-corrected chi connectivity index (χ1v) is 7.68. The molecule has 0 aliphatic rings. The van der Waals surface area contributed by atoms with Gasteiger partial charge in [-0.1, -0.05) is 32.4 Å². The molecule has 0 saturated carbocycles. The summed E-state index contributed by atoms with van der Waals surface area (Å²) < 4.78 is 0. The molecular weight excluding hydrogens is 232 g/mol. The van der Waals surface area contributed by atoms with Gasteiger partial charge in [0.15, 0.2) is 0 Å². The van der Waals surface area contributed by atoms with Crippen LogP contribution in [0.3, 0.4) is 0 Å². The highest BCUT2D eigenvalue weighted by Crippen LogP contribution is 2.16. The first-order chi connectivity index (χ1) is 9.13. The zero-order chi connectivity index (χ0) is 14.1. The van der Waals surface area contributed by atoms with Crippen molar-refractivity contribution in [3.05, 3.63) is 29.8 Å². The minimum atomic E-state index is 0.611. The van der Waals surface area contributed by atoms with Gasteiger partial charge in [0.1, 0.15) is 0 Å². The van der Waals surface area contributed by atoms with Crippen LogP contribution in [0.15, 0.2) is 24.3 Å². The Morgan fingerprint density at radius 1 is 1.16 bits per heavy atom. The summed E-state index contributed by atoms with van der Waals surface area (Å²) in [6.45, 7) is 12.2. The summed E-state index contributed by atoms with van der Waals surface area (Å²) in [4.78, 5) is 2.48. The lowest BCUT2D eigenvalue weighted by atomic mass is 10.2. The average Bonchev–Trinajstić information content (AvgIpc) is 2.37. The highest BCUT2D eigenvalue weighted by atomic mass is 15.1. The number of hydrogen-bond donors (Lipinski definition) is 1. The van der Waals surface area contributed by atoms with Crippen LogP contribution in [0.2, 0.25) is 0 Å². The van der Waals surface area contributed by atoms with E-state index in [0.717, 1.165) is 13.1 Å². The van der Waals surface area contributed by atoms with Gasteiger partial charge in [-0.05, 0) is 50.9 Å². The Balaban J connectivity index is 2.26. The minimum Gasteiger partial charge on any atom is -0.372 e. The fraction of sp³-hybridized carbons (Fsp3) is 0.647. The molecule has 1 aromatic rings. The van der Waals surface area contributed by atoms with Crippen LogP contribution in [-0.4, -0.2) is 25.7 Å². The zero-order valence-electron chi connectivity index (χ0n) is 13.1. The van der Waals surface area contributed by atoms with E-state index >= 15 is 0 Å². The molecule has 0 amide bonds. The molecule has 0 saturated heterocycles. The molecule has 19 heavy (non-hydrogen) atoms. The lowest BCUT2D eigenvalue weighted by Crippen LogP contribution is -2.25. The third-order valence-electron chi connectivity index (χ3n) is 3.41. The van der Waals surface area contributed by atoms with Crippen molar-refractivity contribution in [1.29, 1.82) is 0 Å². The lowest BCUT2D eigenvalue weighted by Gasteiger charge is -2.23. The molecule has 0 fully saturated rings. The lowest BCUT2D eigenvalue weighted by molar-refractivity contribution is 0.547. The molecule has 108 valence electrons. The number of hydrogen-bond acceptors (Lipinski definition) is 2. The van der Waals surface area contributed by atoms with E-state index in [0.29, 0.717) is 6.04 Å². The maximum atomic E-state index is 3.47. The van der Waals surface area contributed by atoms with E-state index in [9.17, 15) is 0 Å². The number of anilines is 1. The van der Waals surface area contributed by atoms with Crippen molar-refractivity contribution in [3.8, 4) is 0 Å². The number of nitrogens with zero attached hydrogens (tertiary/aromatic N) is 1. The van der Waals surface area contributed by atoms with E-state index < -0.39 is 0 Å². The topological polar surface area (TPSA) is 15.3 Å². The highest BCUT2D eigenvalue weighted by Gasteiger charge is 2.03. The molecule has 0 radical (unpaired) electrons. The maximum absolute atomic E-state index is 3.47. The van der Waals surface area contributed by atoms with Gasteiger partial charge in [0.05, 0.1) is 0 Å². The standard InChI is InChI=1S/C17H30N2/c1-5-19(17-11-9-10-16(4)14-17)13-8-6-7-12-18-15(2)3/h9-11,14-15,18H,5-8,12-13H2,1-4H3. The Kier molecular flexibility index (Phi) is 7.57. The molecule has 0 unspecified atom stereocenters. The molecule has 0 aromatic heterocycles. The van der Waals surface area contributed by atoms with Crippen LogP contribution in [-0.2, 0) is 0 Å². The largest absolute Gasteiger partial charge is 0.372 e. The van der Waals surface area contributed by atoms with Crippen LogP contribution in [0.5, 0.6) is 0 Å². The molecule has 2 heteroatoms. The van der Waals surface area contributed by atoms with Crippen molar-refractivity contribution in [2.75, 3.05) is 24.5 Å². The molecule has 0 heterocycles. The second kappa shape index (κ2) is 8.98. The smallest absolute Gasteiger partial charge is 0.0368 e. The predicted molar refractivity (Wildman–Crippen MR) is 86.1 cm³/mol. The van der Waals surface area contributed by atoms with Crippen molar-refractivity contribution in [2.24, 2.45) is 0 Å². The molecule has 0 aliphatic heterocycles. The highest BCUT2D eigenvalue weighted by molar-refractivity contribution is 5.48. The van der Waals surface area contributed by atoms with Crippen LogP contribution in [0.1, 0.15) is 45.6 Å². The zero-order valence-corrected chi connectivity index (χ0v) is 13.1. The van der Waals surface area contributed by atoms with Crippen molar-refractivity contribution >= 4 is 5.69 Å². The van der Waals surface area contributed by atoms with E-state index in [2.05, 4.69) is 62.2 Å². The van der Waals surface area contributed by atoms with Crippen molar-refractivity contribution in [3.63, 3.8) is 0 Å². The third-order valence-corrected chi connectivity index (χ3v) is 3.41. The summed E-state index contributed by atoms with van der Waals surface area (Å²) in [5.74, 6) is 0. The van der Waals surface area contributed by atoms with Crippen LogP contribution in [0.25, 0.3) is 0 Å². The number of rotatable bonds is 9. The average molecular weight is 262 g/mol. The molecule has 0 atom stereocenters. The molecule has 1 aromatic carbocycles. The molecule has 2 nitrogen and oxygen atoms in total. The van der Waals surface area contributed by atoms with E-state index in [1.165, 1.54) is 37.1 Å². The fourth-order valence-corrected chi connectivity index (χ4v) is 2.29. The van der Waals surface area contributed by atoms with Gasteiger partial charge in [-0.25, -0.2) is 0 Å². The van der Waals surface area contributed by atoms with Crippen LogP contribution >= 0.6 is 0 Å². The minimum absolute atomic E-state index is 0.611. The van der Waals surface area contributed by atoms with Gasteiger partial charge in [0.2, 0.25) is 0 Å². The number of unbranched alkanes of at least 4 members (excludes halogenated alkanes) is 2. The van der Waals surface area contributed by atoms with Gasteiger partial charge < -0.3 is 10.2 Å². The first kappa shape index (κ1) is 16.0. The van der Waals surface area contributed by atoms with Crippen molar-refractivity contribution < 1.29 is 0 Å². The van der Waals surface area contributed by atoms with Crippen LogP contribution in [0.4, 0.5) is 5.69 Å². The second-order valence-electron chi connectivity index (χ2n) is 5.59. The monoisotopic (exact) mass is 262 g/mol. The summed E-state index contributed by atoms with van der Waals surface area (Å²) >= 11 is 0. The van der Waals surface area contributed by atoms with Crippen LogP contribution in [0, 0.1) is 6.92 Å². The Labute approximate surface area is 119 Å².